The highest BCUT2D eigenvalue weighted by atomic mass is 32.1. The molecule has 0 bridgehead atoms. The number of aryl methyl sites for hydroxylation is 1. The van der Waals surface area contributed by atoms with Crippen molar-refractivity contribution in [1.82, 2.24) is 20.1 Å². The summed E-state index contributed by atoms with van der Waals surface area (Å²) in [6.07, 6.45) is 6.06. The van der Waals surface area contributed by atoms with Gasteiger partial charge in [-0.1, -0.05) is 19.4 Å². The Morgan fingerprint density at radius 1 is 1.02 bits per heavy atom. The van der Waals surface area contributed by atoms with E-state index in [1.54, 1.807) is 38.3 Å². The van der Waals surface area contributed by atoms with Crippen LogP contribution in [-0.2, 0) is 11.2 Å². The highest BCUT2D eigenvalue weighted by Gasteiger charge is 2.32. The van der Waals surface area contributed by atoms with E-state index in [-0.39, 0.29) is 23.8 Å². The monoisotopic (exact) mass is 603 g/mol. The molecule has 43 heavy (non-hydrogen) atoms. The molecule has 5 rings (SSSR count). The molecule has 2 N–H and O–H groups in total. The number of likely N-dealkylation sites (tertiary alicyclic amines) is 2. The van der Waals surface area contributed by atoms with E-state index in [1.165, 1.54) is 16.9 Å². The fourth-order valence-electron chi connectivity index (χ4n) is 6.02. The van der Waals surface area contributed by atoms with Crippen molar-refractivity contribution in [2.45, 2.75) is 64.5 Å². The average molecular weight is 604 g/mol. The predicted molar refractivity (Wildman–Crippen MR) is 170 cm³/mol. The van der Waals surface area contributed by atoms with E-state index in [0.29, 0.717) is 35.4 Å². The number of hydrogen-bond acceptors (Lipinski definition) is 7. The lowest BCUT2D eigenvalue weighted by molar-refractivity contribution is -0.119. The molecule has 2 aliphatic rings. The number of benzene rings is 2. The van der Waals surface area contributed by atoms with E-state index in [9.17, 15) is 14.4 Å². The first-order valence-corrected chi connectivity index (χ1v) is 16.1. The zero-order valence-corrected chi connectivity index (χ0v) is 26.0. The number of carbonyl (C=O) groups is 3. The van der Waals surface area contributed by atoms with Crippen LogP contribution >= 0.6 is 11.3 Å². The fraction of sp³-hybridized carbons (Fsp3) is 0.455. The minimum Gasteiger partial charge on any atom is -0.496 e. The number of ether oxygens (including phenoxy) is 1. The maximum atomic E-state index is 13.2. The first-order valence-electron chi connectivity index (χ1n) is 15.2. The molecule has 1 unspecified atom stereocenters. The van der Waals surface area contributed by atoms with Gasteiger partial charge in [0, 0.05) is 67.3 Å². The fourth-order valence-corrected chi connectivity index (χ4v) is 6.73. The average Bonchev–Trinajstić information content (AvgIpc) is 3.69. The lowest BCUT2D eigenvalue weighted by atomic mass is 10.0. The second kappa shape index (κ2) is 14.1. The third-order valence-electron chi connectivity index (χ3n) is 8.37. The topological polar surface area (TPSA) is 104 Å². The highest BCUT2D eigenvalue weighted by Crippen LogP contribution is 2.33. The lowest BCUT2D eigenvalue weighted by Gasteiger charge is -2.36. The normalized spacial score (nSPS) is 17.6. The van der Waals surface area contributed by atoms with Crippen molar-refractivity contribution >= 4 is 34.2 Å². The lowest BCUT2D eigenvalue weighted by Crippen LogP contribution is -2.47. The Hall–Kier alpha value is -3.76. The molecule has 2 fully saturated rings. The van der Waals surface area contributed by atoms with Crippen molar-refractivity contribution in [2.24, 2.45) is 0 Å². The second-order valence-electron chi connectivity index (χ2n) is 11.4. The van der Waals surface area contributed by atoms with Crippen LogP contribution in [0.4, 0.5) is 5.13 Å². The highest BCUT2D eigenvalue weighted by molar-refractivity contribution is 7.14. The third-order valence-corrected chi connectivity index (χ3v) is 9.13. The van der Waals surface area contributed by atoms with Crippen molar-refractivity contribution < 1.29 is 19.1 Å². The molecule has 9 nitrogen and oxygen atoms in total. The van der Waals surface area contributed by atoms with Crippen molar-refractivity contribution in [3.63, 3.8) is 0 Å². The molecule has 2 saturated heterocycles. The quantitative estimate of drug-likeness (QED) is 0.329. The molecule has 1 aromatic heterocycles. The van der Waals surface area contributed by atoms with Gasteiger partial charge in [0.2, 0.25) is 5.91 Å². The summed E-state index contributed by atoms with van der Waals surface area (Å²) in [6.45, 7) is 7.00. The van der Waals surface area contributed by atoms with E-state index in [2.05, 4.69) is 39.6 Å². The van der Waals surface area contributed by atoms with Crippen LogP contribution in [0.25, 0.3) is 11.3 Å². The summed E-state index contributed by atoms with van der Waals surface area (Å²) in [5.74, 6) is 0.489. The number of rotatable bonds is 10. The molecule has 0 spiro atoms. The molecule has 2 aromatic carbocycles. The van der Waals surface area contributed by atoms with Crippen LogP contribution in [0, 0.1) is 0 Å². The van der Waals surface area contributed by atoms with E-state index >= 15 is 0 Å². The van der Waals surface area contributed by atoms with Crippen molar-refractivity contribution in [2.75, 3.05) is 38.6 Å². The smallest absolute Gasteiger partial charge is 0.257 e. The molecule has 3 amide bonds. The summed E-state index contributed by atoms with van der Waals surface area (Å²) in [5, 5.41) is 8.35. The number of amides is 3. The van der Waals surface area contributed by atoms with Crippen LogP contribution in [-0.4, -0.2) is 77.9 Å². The first kappa shape index (κ1) is 30.7. The molecule has 0 aliphatic carbocycles. The molecular formula is C33H41N5O4S. The zero-order chi connectivity index (χ0) is 30.3. The summed E-state index contributed by atoms with van der Waals surface area (Å²) < 4.78 is 5.57. The predicted octanol–water partition coefficient (Wildman–Crippen LogP) is 5.23. The molecule has 10 heteroatoms. The number of piperidine rings is 1. The van der Waals surface area contributed by atoms with Crippen molar-refractivity contribution in [3.8, 4) is 17.0 Å². The molecule has 2 aliphatic heterocycles. The van der Waals surface area contributed by atoms with Crippen LogP contribution in [0.3, 0.4) is 0 Å². The molecule has 0 saturated carbocycles. The Balaban J connectivity index is 1.15. The van der Waals surface area contributed by atoms with Gasteiger partial charge >= 0.3 is 0 Å². The Morgan fingerprint density at radius 3 is 2.47 bits per heavy atom. The number of nitrogens with one attached hydrogen (secondary N) is 2. The summed E-state index contributed by atoms with van der Waals surface area (Å²) in [5.41, 5.74) is 3.95. The van der Waals surface area contributed by atoms with E-state index in [0.717, 1.165) is 68.6 Å². The van der Waals surface area contributed by atoms with Gasteiger partial charge in [-0.2, -0.15) is 0 Å². The number of methoxy groups -OCH3 is 1. The molecule has 228 valence electrons. The SMILES string of the molecule is CCCCc1ccc(OC)c(-c2csc(NC(=O)c3ccc(C(=O)N4CCC(N5CCC(NC(C)=O)C5)CC4)cc3)n2)c1. The Labute approximate surface area is 257 Å². The van der Waals surface area contributed by atoms with Crippen LogP contribution < -0.4 is 15.4 Å². The minimum absolute atomic E-state index is 0.0115. The summed E-state index contributed by atoms with van der Waals surface area (Å²) in [4.78, 5) is 46.6. The van der Waals surface area contributed by atoms with Gasteiger partial charge in [-0.25, -0.2) is 4.98 Å². The van der Waals surface area contributed by atoms with Gasteiger partial charge in [-0.15, -0.1) is 11.3 Å². The van der Waals surface area contributed by atoms with Gasteiger partial charge in [-0.3, -0.25) is 24.6 Å². The Bertz CT molecular complexity index is 1430. The van der Waals surface area contributed by atoms with Gasteiger partial charge in [0.1, 0.15) is 5.75 Å². The van der Waals surface area contributed by atoms with Crippen LogP contribution in [0.2, 0.25) is 0 Å². The number of carbonyl (C=O) groups excluding carboxylic acids is 3. The maximum absolute atomic E-state index is 13.2. The number of anilines is 1. The minimum atomic E-state index is -0.271. The van der Waals surface area contributed by atoms with Crippen LogP contribution in [0.5, 0.6) is 5.75 Å². The maximum Gasteiger partial charge on any atom is 0.257 e. The first-order chi connectivity index (χ1) is 20.8. The van der Waals surface area contributed by atoms with Gasteiger partial charge in [0.25, 0.3) is 11.8 Å². The van der Waals surface area contributed by atoms with Crippen LogP contribution in [0.15, 0.2) is 47.8 Å². The number of unbranched alkanes of at least 4 members (excludes halogenated alkanes) is 1. The largest absolute Gasteiger partial charge is 0.496 e. The summed E-state index contributed by atoms with van der Waals surface area (Å²) in [6, 6.07) is 13.7. The number of thiazole rings is 1. The Morgan fingerprint density at radius 2 is 1.77 bits per heavy atom. The van der Waals surface area contributed by atoms with Crippen molar-refractivity contribution in [3.05, 3.63) is 64.5 Å². The number of hydrogen-bond donors (Lipinski definition) is 2. The molecule has 3 heterocycles. The van der Waals surface area contributed by atoms with Gasteiger partial charge in [0.05, 0.1) is 12.8 Å². The van der Waals surface area contributed by atoms with Crippen LogP contribution in [0.1, 0.15) is 72.2 Å². The molecular weight excluding hydrogens is 562 g/mol. The molecule has 1 atom stereocenters. The zero-order valence-electron chi connectivity index (χ0n) is 25.2. The van der Waals surface area contributed by atoms with Gasteiger partial charge in [0.15, 0.2) is 5.13 Å². The van der Waals surface area contributed by atoms with Gasteiger partial charge in [-0.05, 0) is 74.1 Å². The second-order valence-corrected chi connectivity index (χ2v) is 12.3. The van der Waals surface area contributed by atoms with E-state index in [4.69, 9.17) is 4.74 Å². The molecule has 0 radical (unpaired) electrons. The third kappa shape index (κ3) is 7.61. The van der Waals surface area contributed by atoms with E-state index in [1.807, 2.05) is 16.3 Å². The number of nitrogens with zero attached hydrogens (tertiary/aromatic N) is 3. The molecule has 3 aromatic rings. The van der Waals surface area contributed by atoms with Crippen molar-refractivity contribution in [1.29, 1.82) is 0 Å². The summed E-state index contributed by atoms with van der Waals surface area (Å²) in [7, 11) is 1.65. The standard InChI is InChI=1S/C33H41N5O4S/c1-4-5-6-23-7-12-30(42-3)28(19-23)29-21-43-33(35-29)36-31(40)24-8-10-25(11-9-24)32(41)37-17-14-27(15-18-37)38-16-13-26(20-38)34-22(2)39/h7-12,19,21,26-27H,4-6,13-18,20H2,1-3H3,(H,34,39)(H,35,36,40). The number of aromatic nitrogens is 1. The Kier molecular flexibility index (Phi) is 10.1. The van der Waals surface area contributed by atoms with E-state index < -0.39 is 0 Å². The van der Waals surface area contributed by atoms with Gasteiger partial charge < -0.3 is 15.0 Å². The summed E-state index contributed by atoms with van der Waals surface area (Å²) >= 11 is 1.37.